The van der Waals surface area contributed by atoms with E-state index in [2.05, 4.69) is 53.8 Å². The molecule has 0 bridgehead atoms. The Morgan fingerprint density at radius 1 is 1.29 bits per heavy atom. The van der Waals surface area contributed by atoms with Crippen molar-refractivity contribution in [3.05, 3.63) is 35.9 Å². The summed E-state index contributed by atoms with van der Waals surface area (Å²) in [6.45, 7) is 3.06. The van der Waals surface area contributed by atoms with Crippen molar-refractivity contribution < 1.29 is 4.74 Å². The topological polar surface area (TPSA) is 9.23 Å². The minimum atomic E-state index is 0.267. The predicted octanol–water partition coefficient (Wildman–Crippen LogP) is 3.98. The molecule has 0 saturated carbocycles. The third-order valence-electron chi connectivity index (χ3n) is 2.13. The van der Waals surface area contributed by atoms with Crippen molar-refractivity contribution in [3.8, 4) is 0 Å². The Morgan fingerprint density at radius 2 is 2.00 bits per heavy atom. The van der Waals surface area contributed by atoms with Gasteiger partial charge in [0.05, 0.1) is 6.10 Å². The van der Waals surface area contributed by atoms with Gasteiger partial charge in [0.1, 0.15) is 0 Å². The highest BCUT2D eigenvalue weighted by Crippen LogP contribution is 2.19. The number of rotatable bonds is 6. The molecule has 0 aromatic heterocycles. The van der Waals surface area contributed by atoms with Gasteiger partial charge in [-0.15, -0.1) is 0 Å². The highest BCUT2D eigenvalue weighted by molar-refractivity contribution is 14.1. The van der Waals surface area contributed by atoms with Crippen LogP contribution in [0.1, 0.15) is 31.4 Å². The van der Waals surface area contributed by atoms with Gasteiger partial charge in [-0.3, -0.25) is 0 Å². The smallest absolute Gasteiger partial charge is 0.0914 e. The first-order valence-corrected chi connectivity index (χ1v) is 6.63. The second kappa shape index (κ2) is 7.23. The lowest BCUT2D eigenvalue weighted by Gasteiger charge is -2.15. The lowest BCUT2D eigenvalue weighted by Crippen LogP contribution is -2.06. The molecule has 0 amide bonds. The van der Waals surface area contributed by atoms with Gasteiger partial charge in [0.2, 0.25) is 0 Å². The average Bonchev–Trinajstić information content (AvgIpc) is 2.26. The Hall–Kier alpha value is -0.0900. The minimum Gasteiger partial charge on any atom is -0.373 e. The number of ether oxygens (including phenoxy) is 1. The van der Waals surface area contributed by atoms with E-state index in [0.29, 0.717) is 0 Å². The highest BCUT2D eigenvalue weighted by atomic mass is 127. The van der Waals surface area contributed by atoms with Crippen LogP contribution in [0.2, 0.25) is 0 Å². The van der Waals surface area contributed by atoms with Gasteiger partial charge in [0, 0.05) is 11.0 Å². The van der Waals surface area contributed by atoms with Crippen molar-refractivity contribution in [2.45, 2.75) is 25.9 Å². The number of halogens is 1. The molecule has 0 heterocycles. The summed E-state index contributed by atoms with van der Waals surface area (Å²) in [6.07, 6.45) is 2.62. The Morgan fingerprint density at radius 3 is 2.57 bits per heavy atom. The Bertz CT molecular complexity index is 235. The van der Waals surface area contributed by atoms with E-state index in [-0.39, 0.29) is 6.10 Å². The summed E-state index contributed by atoms with van der Waals surface area (Å²) in [6, 6.07) is 10.4. The molecule has 0 spiro atoms. The SMILES string of the molecule is CCCCOC(CI)c1ccccc1. The average molecular weight is 304 g/mol. The van der Waals surface area contributed by atoms with Crippen molar-refractivity contribution in [1.29, 1.82) is 0 Å². The monoisotopic (exact) mass is 304 g/mol. The molecule has 0 radical (unpaired) electrons. The molecule has 2 heteroatoms. The number of unbranched alkanes of at least 4 members (excludes halogenated alkanes) is 1. The van der Waals surface area contributed by atoms with E-state index in [9.17, 15) is 0 Å². The van der Waals surface area contributed by atoms with Crippen molar-refractivity contribution >= 4 is 22.6 Å². The van der Waals surface area contributed by atoms with Gasteiger partial charge < -0.3 is 4.74 Å². The van der Waals surface area contributed by atoms with E-state index in [1.807, 2.05) is 6.07 Å². The van der Waals surface area contributed by atoms with Crippen molar-refractivity contribution in [1.82, 2.24) is 0 Å². The zero-order valence-electron chi connectivity index (χ0n) is 8.58. The number of alkyl halides is 1. The van der Waals surface area contributed by atoms with Crippen molar-refractivity contribution in [2.24, 2.45) is 0 Å². The van der Waals surface area contributed by atoms with E-state index in [1.54, 1.807) is 0 Å². The molecule has 1 unspecified atom stereocenters. The predicted molar refractivity (Wildman–Crippen MR) is 68.9 cm³/mol. The van der Waals surface area contributed by atoms with Crippen LogP contribution in [0, 0.1) is 0 Å². The molecule has 0 aliphatic heterocycles. The summed E-state index contributed by atoms with van der Waals surface area (Å²) < 4.78 is 6.83. The molecular weight excluding hydrogens is 287 g/mol. The lowest BCUT2D eigenvalue weighted by atomic mass is 10.1. The van der Waals surface area contributed by atoms with E-state index in [0.717, 1.165) is 17.5 Å². The normalized spacial score (nSPS) is 12.7. The summed E-state index contributed by atoms with van der Waals surface area (Å²) in [5.74, 6) is 0. The third-order valence-corrected chi connectivity index (χ3v) is 2.93. The molecule has 1 rings (SSSR count). The van der Waals surface area contributed by atoms with Gasteiger partial charge in [-0.25, -0.2) is 0 Å². The Kier molecular flexibility index (Phi) is 6.19. The fourth-order valence-electron chi connectivity index (χ4n) is 1.27. The largest absolute Gasteiger partial charge is 0.373 e. The van der Waals surface area contributed by atoms with Crippen molar-refractivity contribution in [2.75, 3.05) is 11.0 Å². The number of hydrogen-bond donors (Lipinski definition) is 0. The second-order valence-electron chi connectivity index (χ2n) is 3.28. The van der Waals surface area contributed by atoms with Gasteiger partial charge in [0.25, 0.3) is 0 Å². The summed E-state index contributed by atoms with van der Waals surface area (Å²) in [7, 11) is 0. The zero-order chi connectivity index (χ0) is 10.2. The summed E-state index contributed by atoms with van der Waals surface area (Å²) in [5, 5.41) is 0. The van der Waals surface area contributed by atoms with E-state index < -0.39 is 0 Å². The van der Waals surface area contributed by atoms with Crippen LogP contribution in [0.4, 0.5) is 0 Å². The maximum atomic E-state index is 5.81. The molecule has 1 atom stereocenters. The van der Waals surface area contributed by atoms with Gasteiger partial charge >= 0.3 is 0 Å². The van der Waals surface area contributed by atoms with Crippen LogP contribution in [0.25, 0.3) is 0 Å². The number of hydrogen-bond acceptors (Lipinski definition) is 1. The van der Waals surface area contributed by atoms with Gasteiger partial charge in [-0.1, -0.05) is 66.3 Å². The fraction of sp³-hybridized carbons (Fsp3) is 0.500. The summed E-state index contributed by atoms with van der Waals surface area (Å²) in [5.41, 5.74) is 1.29. The van der Waals surface area contributed by atoms with Crippen LogP contribution < -0.4 is 0 Å². The lowest BCUT2D eigenvalue weighted by molar-refractivity contribution is 0.0689. The molecule has 1 aromatic rings. The zero-order valence-corrected chi connectivity index (χ0v) is 10.7. The van der Waals surface area contributed by atoms with Gasteiger partial charge in [-0.05, 0) is 12.0 Å². The summed E-state index contributed by atoms with van der Waals surface area (Å²) in [4.78, 5) is 0. The molecule has 78 valence electrons. The Balaban J connectivity index is 2.46. The van der Waals surface area contributed by atoms with Crippen LogP contribution in [-0.2, 0) is 4.74 Å². The molecule has 0 aliphatic rings. The van der Waals surface area contributed by atoms with E-state index in [1.165, 1.54) is 12.0 Å². The molecular formula is C12H17IO. The molecule has 14 heavy (non-hydrogen) atoms. The van der Waals surface area contributed by atoms with E-state index in [4.69, 9.17) is 4.74 Å². The molecule has 0 N–H and O–H groups in total. The minimum absolute atomic E-state index is 0.267. The van der Waals surface area contributed by atoms with Crippen LogP contribution in [0.5, 0.6) is 0 Å². The first-order chi connectivity index (χ1) is 6.88. The Labute approximate surface area is 100.0 Å². The fourth-order valence-corrected chi connectivity index (χ4v) is 2.03. The first kappa shape index (κ1) is 12.0. The van der Waals surface area contributed by atoms with Crippen LogP contribution >= 0.6 is 22.6 Å². The third kappa shape index (κ3) is 3.96. The molecule has 0 fully saturated rings. The molecule has 0 saturated heterocycles. The quantitative estimate of drug-likeness (QED) is 0.439. The van der Waals surface area contributed by atoms with Crippen LogP contribution in [0.15, 0.2) is 30.3 Å². The van der Waals surface area contributed by atoms with Crippen molar-refractivity contribution in [3.63, 3.8) is 0 Å². The number of benzene rings is 1. The van der Waals surface area contributed by atoms with Crippen LogP contribution in [0.3, 0.4) is 0 Å². The summed E-state index contributed by atoms with van der Waals surface area (Å²) >= 11 is 2.38. The molecule has 1 aromatic carbocycles. The standard InChI is InChI=1S/C12H17IO/c1-2-3-9-14-12(10-13)11-7-5-4-6-8-11/h4-8,12H,2-3,9-10H2,1H3. The van der Waals surface area contributed by atoms with E-state index >= 15 is 0 Å². The van der Waals surface area contributed by atoms with Gasteiger partial charge in [-0.2, -0.15) is 0 Å². The molecule has 0 aliphatic carbocycles. The van der Waals surface area contributed by atoms with Crippen LogP contribution in [-0.4, -0.2) is 11.0 Å². The highest BCUT2D eigenvalue weighted by Gasteiger charge is 2.08. The maximum Gasteiger partial charge on any atom is 0.0914 e. The first-order valence-electron chi connectivity index (χ1n) is 5.11. The van der Waals surface area contributed by atoms with Gasteiger partial charge in [0.15, 0.2) is 0 Å². The molecule has 1 nitrogen and oxygen atoms in total. The second-order valence-corrected chi connectivity index (χ2v) is 4.16. The maximum absolute atomic E-state index is 5.81.